The van der Waals surface area contributed by atoms with Crippen LogP contribution in [0.1, 0.15) is 11.1 Å². The third kappa shape index (κ3) is 3.48. The summed E-state index contributed by atoms with van der Waals surface area (Å²) < 4.78 is 24.5. The Morgan fingerprint density at radius 1 is 1.10 bits per heavy atom. The summed E-state index contributed by atoms with van der Waals surface area (Å²) in [7, 11) is 1.60. The summed E-state index contributed by atoms with van der Waals surface area (Å²) in [5.74, 6) is 1.11. The lowest BCUT2D eigenvalue weighted by Gasteiger charge is -2.13. The molecular formula is C16H18FNO2. The van der Waals surface area contributed by atoms with E-state index in [1.807, 2.05) is 12.1 Å². The van der Waals surface area contributed by atoms with Gasteiger partial charge in [-0.15, -0.1) is 0 Å². The summed E-state index contributed by atoms with van der Waals surface area (Å²) in [4.78, 5) is 0. The molecule has 4 heteroatoms. The van der Waals surface area contributed by atoms with Gasteiger partial charge in [-0.05, 0) is 30.7 Å². The van der Waals surface area contributed by atoms with Crippen LogP contribution < -0.4 is 15.2 Å². The first kappa shape index (κ1) is 14.3. The minimum absolute atomic E-state index is 0.178. The van der Waals surface area contributed by atoms with E-state index in [0.29, 0.717) is 30.0 Å². The van der Waals surface area contributed by atoms with Gasteiger partial charge in [-0.1, -0.05) is 24.3 Å². The molecule has 106 valence electrons. The highest BCUT2D eigenvalue weighted by atomic mass is 19.1. The van der Waals surface area contributed by atoms with Gasteiger partial charge in [-0.3, -0.25) is 0 Å². The van der Waals surface area contributed by atoms with E-state index in [1.54, 1.807) is 31.4 Å². The molecule has 0 radical (unpaired) electrons. The molecule has 0 unspecified atom stereocenters. The predicted molar refractivity (Wildman–Crippen MR) is 76.5 cm³/mol. The van der Waals surface area contributed by atoms with E-state index < -0.39 is 0 Å². The van der Waals surface area contributed by atoms with Gasteiger partial charge in [0.25, 0.3) is 0 Å². The van der Waals surface area contributed by atoms with E-state index in [2.05, 4.69) is 0 Å². The SMILES string of the molecule is COc1ccc(CCN)c(OCc2ccccc2F)c1. The molecular weight excluding hydrogens is 257 g/mol. The fraction of sp³-hybridized carbons (Fsp3) is 0.250. The van der Waals surface area contributed by atoms with Crippen LogP contribution in [0.5, 0.6) is 11.5 Å². The standard InChI is InChI=1S/C16H18FNO2/c1-19-14-7-6-12(8-9-18)16(10-14)20-11-13-4-2-3-5-15(13)17/h2-7,10H,8-9,11,18H2,1H3. The van der Waals surface area contributed by atoms with Gasteiger partial charge in [-0.2, -0.15) is 0 Å². The van der Waals surface area contributed by atoms with Crippen molar-refractivity contribution in [1.29, 1.82) is 0 Å². The van der Waals surface area contributed by atoms with E-state index in [0.717, 1.165) is 5.56 Å². The molecule has 0 saturated heterocycles. The molecule has 0 bridgehead atoms. The van der Waals surface area contributed by atoms with Crippen molar-refractivity contribution in [3.05, 3.63) is 59.4 Å². The molecule has 0 amide bonds. The highest BCUT2D eigenvalue weighted by Gasteiger charge is 2.07. The second kappa shape index (κ2) is 6.91. The summed E-state index contributed by atoms with van der Waals surface area (Å²) in [5.41, 5.74) is 7.10. The number of ether oxygens (including phenoxy) is 2. The van der Waals surface area contributed by atoms with Crippen LogP contribution in [0.25, 0.3) is 0 Å². The molecule has 2 rings (SSSR count). The minimum Gasteiger partial charge on any atom is -0.497 e. The highest BCUT2D eigenvalue weighted by molar-refractivity contribution is 5.41. The van der Waals surface area contributed by atoms with Crippen molar-refractivity contribution in [2.24, 2.45) is 5.73 Å². The zero-order valence-corrected chi connectivity index (χ0v) is 11.4. The van der Waals surface area contributed by atoms with Crippen molar-refractivity contribution < 1.29 is 13.9 Å². The molecule has 0 aliphatic heterocycles. The maximum atomic E-state index is 13.6. The summed E-state index contributed by atoms with van der Waals surface area (Å²) in [6.45, 7) is 0.708. The number of halogens is 1. The minimum atomic E-state index is -0.268. The molecule has 0 aliphatic carbocycles. The van der Waals surface area contributed by atoms with Gasteiger partial charge in [0.05, 0.1) is 7.11 Å². The van der Waals surface area contributed by atoms with Crippen LogP contribution in [-0.4, -0.2) is 13.7 Å². The van der Waals surface area contributed by atoms with Gasteiger partial charge >= 0.3 is 0 Å². The first-order valence-corrected chi connectivity index (χ1v) is 6.47. The number of hydrogen-bond acceptors (Lipinski definition) is 3. The zero-order chi connectivity index (χ0) is 14.4. The van der Waals surface area contributed by atoms with Crippen LogP contribution in [-0.2, 0) is 13.0 Å². The Morgan fingerprint density at radius 2 is 1.90 bits per heavy atom. The van der Waals surface area contributed by atoms with Crippen LogP contribution in [0, 0.1) is 5.82 Å². The molecule has 0 fully saturated rings. The molecule has 2 N–H and O–H groups in total. The lowest BCUT2D eigenvalue weighted by molar-refractivity contribution is 0.294. The molecule has 2 aromatic rings. The van der Waals surface area contributed by atoms with Crippen molar-refractivity contribution in [3.8, 4) is 11.5 Å². The predicted octanol–water partition coefficient (Wildman–Crippen LogP) is 2.91. The third-order valence-electron chi connectivity index (χ3n) is 3.03. The Bertz CT molecular complexity index is 572. The van der Waals surface area contributed by atoms with Crippen molar-refractivity contribution >= 4 is 0 Å². The average Bonchev–Trinajstić information content (AvgIpc) is 2.48. The van der Waals surface area contributed by atoms with Crippen LogP contribution in [0.2, 0.25) is 0 Å². The van der Waals surface area contributed by atoms with E-state index in [4.69, 9.17) is 15.2 Å². The molecule has 0 saturated carbocycles. The van der Waals surface area contributed by atoms with Crippen LogP contribution >= 0.6 is 0 Å². The monoisotopic (exact) mass is 275 g/mol. The van der Waals surface area contributed by atoms with Crippen LogP contribution in [0.3, 0.4) is 0 Å². The molecule has 0 spiro atoms. The molecule has 0 atom stereocenters. The first-order valence-electron chi connectivity index (χ1n) is 6.47. The van der Waals surface area contributed by atoms with Gasteiger partial charge in [-0.25, -0.2) is 4.39 Å². The van der Waals surface area contributed by atoms with Crippen LogP contribution in [0.15, 0.2) is 42.5 Å². The lowest BCUT2D eigenvalue weighted by Crippen LogP contribution is -2.06. The van der Waals surface area contributed by atoms with Gasteiger partial charge in [0.1, 0.15) is 23.9 Å². The summed E-state index contributed by atoms with van der Waals surface area (Å²) >= 11 is 0. The Morgan fingerprint density at radius 3 is 2.60 bits per heavy atom. The molecule has 0 aliphatic rings. The maximum absolute atomic E-state index is 13.6. The van der Waals surface area contributed by atoms with Crippen molar-refractivity contribution in [1.82, 2.24) is 0 Å². The molecule has 2 aromatic carbocycles. The Balaban J connectivity index is 2.17. The van der Waals surface area contributed by atoms with Gasteiger partial charge < -0.3 is 15.2 Å². The molecule has 20 heavy (non-hydrogen) atoms. The largest absolute Gasteiger partial charge is 0.497 e. The number of rotatable bonds is 6. The topological polar surface area (TPSA) is 44.5 Å². The normalized spacial score (nSPS) is 10.3. The van der Waals surface area contributed by atoms with E-state index >= 15 is 0 Å². The van der Waals surface area contributed by atoms with E-state index in [-0.39, 0.29) is 12.4 Å². The molecule has 0 heterocycles. The number of methoxy groups -OCH3 is 1. The maximum Gasteiger partial charge on any atom is 0.129 e. The van der Waals surface area contributed by atoms with E-state index in [1.165, 1.54) is 6.07 Å². The Hall–Kier alpha value is -2.07. The fourth-order valence-corrected chi connectivity index (χ4v) is 1.93. The summed E-state index contributed by atoms with van der Waals surface area (Å²) in [6, 6.07) is 12.1. The van der Waals surface area contributed by atoms with E-state index in [9.17, 15) is 4.39 Å². The zero-order valence-electron chi connectivity index (χ0n) is 11.4. The lowest BCUT2D eigenvalue weighted by atomic mass is 10.1. The molecule has 3 nitrogen and oxygen atoms in total. The molecule has 0 aromatic heterocycles. The van der Waals surface area contributed by atoms with Crippen molar-refractivity contribution in [2.75, 3.05) is 13.7 Å². The number of hydrogen-bond donors (Lipinski definition) is 1. The van der Waals surface area contributed by atoms with Crippen molar-refractivity contribution in [2.45, 2.75) is 13.0 Å². The van der Waals surface area contributed by atoms with Crippen molar-refractivity contribution in [3.63, 3.8) is 0 Å². The first-order chi connectivity index (χ1) is 9.74. The average molecular weight is 275 g/mol. The fourth-order valence-electron chi connectivity index (χ4n) is 1.93. The second-order valence-corrected chi connectivity index (χ2v) is 4.39. The quantitative estimate of drug-likeness (QED) is 0.881. The Labute approximate surface area is 118 Å². The summed E-state index contributed by atoms with van der Waals surface area (Å²) in [6.07, 6.45) is 0.705. The summed E-state index contributed by atoms with van der Waals surface area (Å²) in [5, 5.41) is 0. The Kier molecular flexibility index (Phi) is 4.96. The van der Waals surface area contributed by atoms with Gasteiger partial charge in [0, 0.05) is 11.6 Å². The number of nitrogens with two attached hydrogens (primary N) is 1. The van der Waals surface area contributed by atoms with Gasteiger partial charge in [0.2, 0.25) is 0 Å². The second-order valence-electron chi connectivity index (χ2n) is 4.39. The smallest absolute Gasteiger partial charge is 0.129 e. The third-order valence-corrected chi connectivity index (χ3v) is 3.03. The number of benzene rings is 2. The van der Waals surface area contributed by atoms with Crippen LogP contribution in [0.4, 0.5) is 4.39 Å². The highest BCUT2D eigenvalue weighted by Crippen LogP contribution is 2.26. The van der Waals surface area contributed by atoms with Gasteiger partial charge in [0.15, 0.2) is 0 Å².